The van der Waals surface area contributed by atoms with Gasteiger partial charge in [-0.15, -0.1) is 0 Å². The molecule has 2 aliphatic carbocycles. The average Bonchev–Trinajstić information content (AvgIpc) is 2.79. The zero-order chi connectivity index (χ0) is 24.7. The first kappa shape index (κ1) is 27.3. The molecule has 0 N–H and O–H groups in total. The zero-order valence-electron chi connectivity index (χ0n) is 20.7. The van der Waals surface area contributed by atoms with E-state index in [1.54, 1.807) is 0 Å². The van der Waals surface area contributed by atoms with Crippen LogP contribution in [0.4, 0.5) is 22.0 Å². The molecule has 0 atom stereocenters. The van der Waals surface area contributed by atoms with Gasteiger partial charge in [0.05, 0.1) is 12.0 Å². The molecule has 1 nitrogen and oxygen atoms in total. The van der Waals surface area contributed by atoms with Crippen molar-refractivity contribution in [2.24, 2.45) is 17.8 Å². The van der Waals surface area contributed by atoms with Crippen molar-refractivity contribution in [1.82, 2.24) is 0 Å². The maximum atomic E-state index is 15.1. The van der Waals surface area contributed by atoms with Crippen LogP contribution < -0.4 is 4.74 Å². The van der Waals surface area contributed by atoms with Gasteiger partial charge in [-0.05, 0) is 54.6 Å². The van der Waals surface area contributed by atoms with E-state index in [0.29, 0.717) is 18.3 Å². The maximum Gasteiger partial charge on any atom is 0.397 e. The third-order valence-corrected chi connectivity index (χ3v) is 8.13. The van der Waals surface area contributed by atoms with E-state index in [0.717, 1.165) is 57.4 Å². The lowest BCUT2D eigenvalue weighted by Gasteiger charge is -2.30. The maximum absolute atomic E-state index is 15.1. The summed E-state index contributed by atoms with van der Waals surface area (Å²) in [5.41, 5.74) is -0.822. The van der Waals surface area contributed by atoms with Crippen LogP contribution in [0.5, 0.6) is 5.75 Å². The quantitative estimate of drug-likeness (QED) is 0.222. The molecule has 2 aliphatic rings. The number of benzene rings is 1. The van der Waals surface area contributed by atoms with E-state index in [9.17, 15) is 17.6 Å². The molecule has 0 aromatic heterocycles. The first-order chi connectivity index (χ1) is 16.2. The highest BCUT2D eigenvalue weighted by atomic mass is 19.3. The Kier molecular flexibility index (Phi) is 10.1. The third kappa shape index (κ3) is 7.58. The van der Waals surface area contributed by atoms with Gasteiger partial charge in [0.2, 0.25) is 0 Å². The average molecular weight is 489 g/mol. The van der Waals surface area contributed by atoms with Gasteiger partial charge in [-0.2, -0.15) is 8.78 Å². The van der Waals surface area contributed by atoms with E-state index in [2.05, 4.69) is 13.8 Å². The van der Waals surface area contributed by atoms with Gasteiger partial charge >= 0.3 is 6.11 Å². The summed E-state index contributed by atoms with van der Waals surface area (Å²) < 4.78 is 76.5. The molecule has 0 aliphatic heterocycles. The fourth-order valence-electron chi connectivity index (χ4n) is 5.85. The van der Waals surface area contributed by atoms with Gasteiger partial charge in [-0.1, -0.05) is 84.1 Å². The molecule has 2 saturated carbocycles. The summed E-state index contributed by atoms with van der Waals surface area (Å²) in [6.45, 7) is 4.30. The molecule has 1 aromatic rings. The summed E-state index contributed by atoms with van der Waals surface area (Å²) in [5.74, 6) is -0.526. The molecule has 0 amide bonds. The molecule has 0 radical (unpaired) electrons. The van der Waals surface area contributed by atoms with Crippen molar-refractivity contribution in [3.05, 3.63) is 29.1 Å². The van der Waals surface area contributed by atoms with Crippen LogP contribution in [-0.2, 0) is 0 Å². The highest BCUT2D eigenvalue weighted by molar-refractivity contribution is 5.41. The second kappa shape index (κ2) is 12.6. The van der Waals surface area contributed by atoms with Crippen LogP contribution in [0.15, 0.2) is 12.1 Å². The van der Waals surface area contributed by atoms with Crippen molar-refractivity contribution in [1.29, 1.82) is 0 Å². The van der Waals surface area contributed by atoms with Crippen molar-refractivity contribution >= 4 is 0 Å². The van der Waals surface area contributed by atoms with E-state index in [1.807, 2.05) is 0 Å². The second-order valence-corrected chi connectivity index (χ2v) is 10.8. The molecule has 0 bridgehead atoms. The Bertz CT molecular complexity index is 749. The van der Waals surface area contributed by atoms with Gasteiger partial charge in [0.25, 0.3) is 6.43 Å². The number of hydrogen-bond donors (Lipinski definition) is 0. The molecule has 2 fully saturated rings. The van der Waals surface area contributed by atoms with Gasteiger partial charge in [-0.25, -0.2) is 13.2 Å². The van der Waals surface area contributed by atoms with Gasteiger partial charge in [-0.3, -0.25) is 0 Å². The summed E-state index contributed by atoms with van der Waals surface area (Å²) in [7, 11) is 0. The van der Waals surface area contributed by atoms with Crippen LogP contribution in [0, 0.1) is 23.6 Å². The number of alkyl halides is 4. The highest BCUT2D eigenvalue weighted by Gasteiger charge is 2.36. The van der Waals surface area contributed by atoms with Crippen LogP contribution in [0.25, 0.3) is 0 Å². The lowest BCUT2D eigenvalue weighted by atomic mass is 9.78. The fraction of sp³-hybridized carbons (Fsp3) is 0.786. The summed E-state index contributed by atoms with van der Waals surface area (Å²) in [6.07, 6.45) is 5.10. The van der Waals surface area contributed by atoms with E-state index in [4.69, 9.17) is 4.74 Å². The van der Waals surface area contributed by atoms with Gasteiger partial charge in [0.1, 0.15) is 11.6 Å². The predicted octanol–water partition coefficient (Wildman–Crippen LogP) is 10.2. The second-order valence-electron chi connectivity index (χ2n) is 10.8. The van der Waals surface area contributed by atoms with Crippen molar-refractivity contribution in [2.45, 2.75) is 122 Å². The Morgan fingerprint density at radius 1 is 0.912 bits per heavy atom. The Balaban J connectivity index is 1.57. The Morgan fingerprint density at radius 2 is 1.53 bits per heavy atom. The molecule has 3 rings (SSSR count). The number of halogens is 5. The molecule has 6 heteroatoms. The molecule has 0 saturated heterocycles. The lowest BCUT2D eigenvalue weighted by molar-refractivity contribution is -0.184. The van der Waals surface area contributed by atoms with Crippen molar-refractivity contribution < 1.29 is 26.7 Å². The van der Waals surface area contributed by atoms with Crippen LogP contribution in [0.1, 0.15) is 127 Å². The smallest absolute Gasteiger partial charge is 0.397 e. The van der Waals surface area contributed by atoms with Crippen molar-refractivity contribution in [2.75, 3.05) is 0 Å². The molecular formula is C28H41F5O. The standard InChI is InChI=1S/C28H41F5O/c1-3-4-5-6-20-9-11-21(12-10-20)17-18-28(32,33)34-24-16-15-23(26(29)25(24)27(30)31)22-13-7-19(2)8-14-22/h15-16,19-22,27H,3-14,17-18H2,1-2H3. The molecule has 1 aromatic carbocycles. The molecule has 0 unspecified atom stereocenters. The van der Waals surface area contributed by atoms with Gasteiger partial charge in [0.15, 0.2) is 0 Å². The van der Waals surface area contributed by atoms with Crippen molar-refractivity contribution in [3.8, 4) is 5.75 Å². The molecule has 34 heavy (non-hydrogen) atoms. The molecular weight excluding hydrogens is 447 g/mol. The van der Waals surface area contributed by atoms with Crippen LogP contribution in [-0.4, -0.2) is 6.11 Å². The van der Waals surface area contributed by atoms with E-state index in [1.165, 1.54) is 31.7 Å². The Labute approximate surface area is 201 Å². The van der Waals surface area contributed by atoms with Crippen LogP contribution in [0.3, 0.4) is 0 Å². The van der Waals surface area contributed by atoms with Gasteiger partial charge < -0.3 is 4.74 Å². The minimum absolute atomic E-state index is 0.152. The van der Waals surface area contributed by atoms with E-state index >= 15 is 4.39 Å². The van der Waals surface area contributed by atoms with Crippen LogP contribution >= 0.6 is 0 Å². The SMILES string of the molecule is CCCCCC1CCC(CCC(F)(F)Oc2ccc(C3CCC(C)CC3)c(F)c2C(F)F)CC1. The molecule has 0 spiro atoms. The lowest BCUT2D eigenvalue weighted by Crippen LogP contribution is -2.27. The summed E-state index contributed by atoms with van der Waals surface area (Å²) in [6, 6.07) is 2.49. The topological polar surface area (TPSA) is 9.23 Å². The molecule has 194 valence electrons. The molecule has 0 heterocycles. The first-order valence-corrected chi connectivity index (χ1v) is 13.4. The number of hydrogen-bond acceptors (Lipinski definition) is 1. The van der Waals surface area contributed by atoms with Crippen molar-refractivity contribution in [3.63, 3.8) is 0 Å². The summed E-state index contributed by atoms with van der Waals surface area (Å²) in [4.78, 5) is 0. The summed E-state index contributed by atoms with van der Waals surface area (Å²) >= 11 is 0. The zero-order valence-corrected chi connectivity index (χ0v) is 20.7. The minimum Gasteiger partial charge on any atom is -0.432 e. The Hall–Kier alpha value is -1.33. The monoisotopic (exact) mass is 488 g/mol. The fourth-order valence-corrected chi connectivity index (χ4v) is 5.85. The highest BCUT2D eigenvalue weighted by Crippen LogP contribution is 2.43. The third-order valence-electron chi connectivity index (χ3n) is 8.13. The van der Waals surface area contributed by atoms with Gasteiger partial charge in [0, 0.05) is 0 Å². The number of unbranched alkanes of at least 4 members (excludes halogenated alkanes) is 2. The predicted molar refractivity (Wildman–Crippen MR) is 126 cm³/mol. The van der Waals surface area contributed by atoms with E-state index < -0.39 is 36.1 Å². The van der Waals surface area contributed by atoms with Crippen LogP contribution in [0.2, 0.25) is 0 Å². The number of ether oxygens (including phenoxy) is 1. The van der Waals surface area contributed by atoms with E-state index in [-0.39, 0.29) is 17.4 Å². The normalized spacial score (nSPS) is 26.1. The first-order valence-electron chi connectivity index (χ1n) is 13.4. The summed E-state index contributed by atoms with van der Waals surface area (Å²) in [5, 5.41) is 0. The Morgan fingerprint density at radius 3 is 2.12 bits per heavy atom. The minimum atomic E-state index is -3.60. The number of rotatable bonds is 11. The largest absolute Gasteiger partial charge is 0.432 e.